The predicted molar refractivity (Wildman–Crippen MR) is 103 cm³/mol. The molecule has 0 atom stereocenters. The largest absolute Gasteiger partial charge is 0.508 e. The highest BCUT2D eigenvalue weighted by Gasteiger charge is 2.15. The maximum Gasteiger partial charge on any atom is 0.188 e. The van der Waals surface area contributed by atoms with Gasteiger partial charge in [0.25, 0.3) is 0 Å². The number of nitrogens with zero attached hydrogens (tertiary/aromatic N) is 6. The second-order valence-corrected chi connectivity index (χ2v) is 6.33. The number of phenolic OH excluding ortho intramolecular Hbond substituents is 1. The Morgan fingerprint density at radius 2 is 1.85 bits per heavy atom. The van der Waals surface area contributed by atoms with Gasteiger partial charge < -0.3 is 5.11 Å². The van der Waals surface area contributed by atoms with Gasteiger partial charge in [0.2, 0.25) is 0 Å². The lowest BCUT2D eigenvalue weighted by molar-refractivity contribution is 0.468. The average Bonchev–Trinajstić information content (AvgIpc) is 3.02. The van der Waals surface area contributed by atoms with Gasteiger partial charge >= 0.3 is 0 Å². The van der Waals surface area contributed by atoms with E-state index in [0.717, 1.165) is 16.8 Å². The van der Waals surface area contributed by atoms with Crippen molar-refractivity contribution >= 4 is 28.5 Å². The second-order valence-electron chi connectivity index (χ2n) is 5.90. The third-order valence-corrected chi connectivity index (χ3v) is 4.34. The van der Waals surface area contributed by atoms with Crippen molar-refractivity contribution in [1.82, 2.24) is 19.7 Å². The number of rotatable bonds is 4. The summed E-state index contributed by atoms with van der Waals surface area (Å²) in [4.78, 5) is 8.59. The summed E-state index contributed by atoms with van der Waals surface area (Å²) in [5, 5.41) is 24.2. The van der Waals surface area contributed by atoms with Crippen LogP contribution in [0, 0.1) is 6.92 Å². The van der Waals surface area contributed by atoms with E-state index < -0.39 is 0 Å². The van der Waals surface area contributed by atoms with Gasteiger partial charge in [-0.15, -0.1) is 5.11 Å². The Morgan fingerprint density at radius 1 is 1.07 bits per heavy atom. The first-order chi connectivity index (χ1) is 13.1. The van der Waals surface area contributed by atoms with Gasteiger partial charge in [0, 0.05) is 10.6 Å². The summed E-state index contributed by atoms with van der Waals surface area (Å²) in [6, 6.07) is 14.4. The molecule has 0 fully saturated rings. The van der Waals surface area contributed by atoms with Crippen LogP contribution in [0.2, 0.25) is 5.02 Å². The highest BCUT2D eigenvalue weighted by atomic mass is 35.5. The first-order valence-electron chi connectivity index (χ1n) is 8.24. The topological polar surface area (TPSA) is 88.5 Å². The molecule has 4 rings (SSSR count). The van der Waals surface area contributed by atoms with Crippen LogP contribution in [0.15, 0.2) is 65.1 Å². The van der Waals surface area contributed by atoms with Crippen LogP contribution < -0.4 is 0 Å². The molecule has 0 aliphatic heterocycles. The van der Waals surface area contributed by atoms with Gasteiger partial charge in [0.15, 0.2) is 11.5 Å². The Morgan fingerprint density at radius 3 is 2.63 bits per heavy atom. The van der Waals surface area contributed by atoms with Crippen LogP contribution in [0.1, 0.15) is 11.3 Å². The highest BCUT2D eigenvalue weighted by Crippen LogP contribution is 2.28. The number of hydrogen-bond donors (Lipinski definition) is 1. The van der Waals surface area contributed by atoms with Crippen LogP contribution in [0.25, 0.3) is 16.7 Å². The molecule has 0 aliphatic carbocycles. The van der Waals surface area contributed by atoms with E-state index in [1.165, 1.54) is 6.33 Å². The fraction of sp³-hybridized carbons (Fsp3) is 0.105. The van der Waals surface area contributed by atoms with E-state index in [-0.39, 0.29) is 12.3 Å². The molecule has 0 amide bonds. The maximum atomic E-state index is 9.82. The average molecular weight is 379 g/mol. The van der Waals surface area contributed by atoms with Gasteiger partial charge in [0.1, 0.15) is 12.1 Å². The van der Waals surface area contributed by atoms with Crippen LogP contribution in [0.4, 0.5) is 5.82 Å². The standard InChI is InChI=1S/C19H15ClN6O/c1-12-17-18(24-23-10-13-4-2-3-5-16(13)27)21-11-22-19(17)26(25-12)15-8-6-14(20)7-9-15/h2-9,11,27H,10H2,1H3. The number of halogens is 1. The number of benzene rings is 2. The Bertz CT molecular complexity index is 1140. The van der Waals surface area contributed by atoms with E-state index in [9.17, 15) is 5.11 Å². The van der Waals surface area contributed by atoms with Gasteiger partial charge in [0.05, 0.1) is 23.3 Å². The van der Waals surface area contributed by atoms with E-state index in [1.54, 1.807) is 35.0 Å². The number of aromatic nitrogens is 4. The van der Waals surface area contributed by atoms with Crippen molar-refractivity contribution < 1.29 is 5.11 Å². The van der Waals surface area contributed by atoms with E-state index in [4.69, 9.17) is 11.6 Å². The van der Waals surface area contributed by atoms with Crippen LogP contribution in [-0.4, -0.2) is 24.9 Å². The molecular weight excluding hydrogens is 364 g/mol. The Balaban J connectivity index is 1.71. The molecule has 2 aromatic heterocycles. The van der Waals surface area contributed by atoms with Gasteiger partial charge in [-0.2, -0.15) is 10.2 Å². The third kappa shape index (κ3) is 3.37. The molecule has 134 valence electrons. The number of phenols is 1. The summed E-state index contributed by atoms with van der Waals surface area (Å²) in [5.74, 6) is 0.629. The minimum absolute atomic E-state index is 0.191. The SMILES string of the molecule is Cc1nn(-c2ccc(Cl)cc2)c2ncnc(N=NCc3ccccc3O)c12. The summed E-state index contributed by atoms with van der Waals surface area (Å²) in [7, 11) is 0. The minimum atomic E-state index is 0.191. The Hall–Kier alpha value is -3.32. The zero-order chi connectivity index (χ0) is 18.8. The van der Waals surface area contributed by atoms with Gasteiger partial charge in [-0.3, -0.25) is 0 Å². The summed E-state index contributed by atoms with van der Waals surface area (Å²) < 4.78 is 1.73. The fourth-order valence-corrected chi connectivity index (χ4v) is 2.89. The van der Waals surface area contributed by atoms with Crippen LogP contribution >= 0.6 is 11.6 Å². The lowest BCUT2D eigenvalue weighted by Gasteiger charge is -2.02. The van der Waals surface area contributed by atoms with Gasteiger partial charge in [-0.05, 0) is 37.3 Å². The van der Waals surface area contributed by atoms with Crippen LogP contribution in [0.3, 0.4) is 0 Å². The van der Waals surface area contributed by atoms with Crippen molar-refractivity contribution in [3.8, 4) is 11.4 Å². The molecule has 7 nitrogen and oxygen atoms in total. The van der Waals surface area contributed by atoms with E-state index in [2.05, 4.69) is 25.3 Å². The van der Waals surface area contributed by atoms with Crippen molar-refractivity contribution in [2.24, 2.45) is 10.2 Å². The molecule has 2 heterocycles. The smallest absolute Gasteiger partial charge is 0.188 e. The fourth-order valence-electron chi connectivity index (χ4n) is 2.76. The number of aryl methyl sites for hydroxylation is 1. The van der Waals surface area contributed by atoms with Crippen molar-refractivity contribution in [3.05, 3.63) is 71.1 Å². The van der Waals surface area contributed by atoms with Crippen molar-refractivity contribution in [3.63, 3.8) is 0 Å². The number of aromatic hydroxyl groups is 1. The minimum Gasteiger partial charge on any atom is -0.508 e. The quantitative estimate of drug-likeness (QED) is 0.518. The normalized spacial score (nSPS) is 11.5. The number of fused-ring (bicyclic) bond motifs is 1. The Kier molecular flexibility index (Phi) is 4.52. The van der Waals surface area contributed by atoms with Crippen molar-refractivity contribution in [1.29, 1.82) is 0 Å². The molecule has 0 aliphatic rings. The summed E-state index contributed by atoms with van der Waals surface area (Å²) in [6.07, 6.45) is 1.43. The molecule has 0 spiro atoms. The second kappa shape index (κ2) is 7.13. The lowest BCUT2D eigenvalue weighted by atomic mass is 10.2. The predicted octanol–water partition coefficient (Wildman–Crippen LogP) is 4.77. The van der Waals surface area contributed by atoms with Crippen molar-refractivity contribution in [2.75, 3.05) is 0 Å². The summed E-state index contributed by atoms with van der Waals surface area (Å²) in [6.45, 7) is 2.13. The molecule has 0 radical (unpaired) electrons. The number of para-hydroxylation sites is 1. The summed E-state index contributed by atoms with van der Waals surface area (Å²) in [5.41, 5.74) is 2.92. The van der Waals surface area contributed by atoms with E-state index in [1.807, 2.05) is 25.1 Å². The molecule has 2 aromatic carbocycles. The van der Waals surface area contributed by atoms with E-state index >= 15 is 0 Å². The molecular formula is C19H15ClN6O. The summed E-state index contributed by atoms with van der Waals surface area (Å²) >= 11 is 5.97. The molecule has 4 aromatic rings. The lowest BCUT2D eigenvalue weighted by Crippen LogP contribution is -1.97. The molecule has 0 saturated carbocycles. The maximum absolute atomic E-state index is 9.82. The first-order valence-corrected chi connectivity index (χ1v) is 8.62. The van der Waals surface area contributed by atoms with Crippen molar-refractivity contribution in [2.45, 2.75) is 13.5 Å². The van der Waals surface area contributed by atoms with Gasteiger partial charge in [-0.25, -0.2) is 14.6 Å². The molecule has 1 N–H and O–H groups in total. The monoisotopic (exact) mass is 378 g/mol. The Labute approximate surface area is 160 Å². The zero-order valence-electron chi connectivity index (χ0n) is 14.4. The molecule has 0 bridgehead atoms. The van der Waals surface area contributed by atoms with Gasteiger partial charge in [-0.1, -0.05) is 29.8 Å². The molecule has 27 heavy (non-hydrogen) atoms. The molecule has 0 unspecified atom stereocenters. The zero-order valence-corrected chi connectivity index (χ0v) is 15.2. The molecule has 8 heteroatoms. The number of azo groups is 1. The first kappa shape index (κ1) is 17.1. The van der Waals surface area contributed by atoms with Crippen LogP contribution in [0.5, 0.6) is 5.75 Å². The number of hydrogen-bond acceptors (Lipinski definition) is 6. The van der Waals surface area contributed by atoms with Crippen LogP contribution in [-0.2, 0) is 6.54 Å². The van der Waals surface area contributed by atoms with E-state index in [0.29, 0.717) is 22.1 Å². The molecule has 0 saturated heterocycles. The highest BCUT2D eigenvalue weighted by molar-refractivity contribution is 6.30. The third-order valence-electron chi connectivity index (χ3n) is 4.09.